The van der Waals surface area contributed by atoms with Crippen molar-refractivity contribution in [1.82, 2.24) is 19.7 Å². The molecule has 1 aromatic rings. The van der Waals surface area contributed by atoms with Crippen LogP contribution in [0.2, 0.25) is 0 Å². The van der Waals surface area contributed by atoms with Crippen LogP contribution in [0.1, 0.15) is 36.8 Å². The summed E-state index contributed by atoms with van der Waals surface area (Å²) in [6, 6.07) is 0. The maximum atomic E-state index is 12.3. The van der Waals surface area contributed by atoms with Gasteiger partial charge in [0, 0.05) is 13.6 Å². The number of aliphatic hydroxyl groups is 1. The van der Waals surface area contributed by atoms with Crippen molar-refractivity contribution in [3.8, 4) is 0 Å². The normalized spacial score (nSPS) is 24.3. The van der Waals surface area contributed by atoms with Crippen molar-refractivity contribution in [3.63, 3.8) is 0 Å². The van der Waals surface area contributed by atoms with Crippen LogP contribution in [-0.2, 0) is 7.05 Å². The molecule has 2 heterocycles. The summed E-state index contributed by atoms with van der Waals surface area (Å²) in [5.41, 5.74) is -0.420. The van der Waals surface area contributed by atoms with E-state index in [1.165, 1.54) is 11.0 Å². The van der Waals surface area contributed by atoms with E-state index in [2.05, 4.69) is 10.1 Å². The van der Waals surface area contributed by atoms with Gasteiger partial charge >= 0.3 is 0 Å². The Hall–Kier alpha value is -1.43. The predicted molar refractivity (Wildman–Crippen MR) is 61.4 cm³/mol. The molecule has 0 radical (unpaired) electrons. The van der Waals surface area contributed by atoms with Crippen LogP contribution in [0.15, 0.2) is 6.33 Å². The van der Waals surface area contributed by atoms with Gasteiger partial charge < -0.3 is 10.0 Å². The molecule has 17 heavy (non-hydrogen) atoms. The van der Waals surface area contributed by atoms with Crippen LogP contribution in [0.5, 0.6) is 0 Å². The van der Waals surface area contributed by atoms with Gasteiger partial charge in [0.2, 0.25) is 5.82 Å². The monoisotopic (exact) mass is 238 g/mol. The lowest BCUT2D eigenvalue weighted by Gasteiger charge is -2.35. The second-order valence-electron chi connectivity index (χ2n) is 4.54. The SMILES string of the molecule is CCC1(CO)CCCN1C(=O)c1ncn(C)n1. The molecule has 6 heteroatoms. The molecule has 1 aromatic heterocycles. The Morgan fingerprint density at radius 3 is 2.94 bits per heavy atom. The number of rotatable bonds is 3. The molecule has 1 atom stereocenters. The first-order chi connectivity index (χ1) is 8.13. The van der Waals surface area contributed by atoms with Crippen molar-refractivity contribution >= 4 is 5.91 Å². The first-order valence-electron chi connectivity index (χ1n) is 5.91. The van der Waals surface area contributed by atoms with E-state index < -0.39 is 5.54 Å². The number of aromatic nitrogens is 3. The molecular formula is C11H18N4O2. The Bertz CT molecular complexity index is 411. The fourth-order valence-electron chi connectivity index (χ4n) is 2.46. The maximum Gasteiger partial charge on any atom is 0.294 e. The van der Waals surface area contributed by atoms with Crippen LogP contribution >= 0.6 is 0 Å². The molecule has 1 N–H and O–H groups in total. The van der Waals surface area contributed by atoms with Crippen LogP contribution in [0.25, 0.3) is 0 Å². The third-order valence-corrected chi connectivity index (χ3v) is 3.58. The van der Waals surface area contributed by atoms with E-state index in [0.29, 0.717) is 6.54 Å². The second-order valence-corrected chi connectivity index (χ2v) is 4.54. The van der Waals surface area contributed by atoms with Gasteiger partial charge in [0.1, 0.15) is 6.33 Å². The summed E-state index contributed by atoms with van der Waals surface area (Å²) in [5.74, 6) is 0.0275. The van der Waals surface area contributed by atoms with Gasteiger partial charge in [0.25, 0.3) is 5.91 Å². The van der Waals surface area contributed by atoms with Crippen molar-refractivity contribution in [2.24, 2.45) is 7.05 Å². The van der Waals surface area contributed by atoms with Crippen LogP contribution in [-0.4, -0.2) is 49.4 Å². The number of hydrogen-bond acceptors (Lipinski definition) is 4. The zero-order valence-electron chi connectivity index (χ0n) is 10.3. The average Bonchev–Trinajstić information content (AvgIpc) is 2.94. The predicted octanol–water partition coefficient (Wildman–Crippen LogP) is 0.192. The molecule has 0 aliphatic carbocycles. The standard InChI is InChI=1S/C11H18N4O2/c1-3-11(7-16)5-4-6-15(11)10(17)9-12-8-14(2)13-9/h8,16H,3-7H2,1-2H3. The van der Waals surface area contributed by atoms with E-state index in [-0.39, 0.29) is 18.3 Å². The second kappa shape index (κ2) is 4.44. The highest BCUT2D eigenvalue weighted by molar-refractivity contribution is 5.91. The summed E-state index contributed by atoms with van der Waals surface area (Å²) in [4.78, 5) is 18.0. The smallest absolute Gasteiger partial charge is 0.294 e. The number of amides is 1. The van der Waals surface area contributed by atoms with Gasteiger partial charge in [-0.15, -0.1) is 5.10 Å². The van der Waals surface area contributed by atoms with Crippen molar-refractivity contribution in [2.75, 3.05) is 13.2 Å². The molecule has 0 saturated carbocycles. The van der Waals surface area contributed by atoms with Crippen LogP contribution in [0.3, 0.4) is 0 Å². The molecule has 94 valence electrons. The van der Waals surface area contributed by atoms with Crippen molar-refractivity contribution in [2.45, 2.75) is 31.7 Å². The molecule has 2 rings (SSSR count). The molecule has 6 nitrogen and oxygen atoms in total. The van der Waals surface area contributed by atoms with E-state index in [4.69, 9.17) is 0 Å². The lowest BCUT2D eigenvalue weighted by Crippen LogP contribution is -2.49. The minimum atomic E-state index is -0.420. The molecule has 0 aromatic carbocycles. The number of hydrogen-bond donors (Lipinski definition) is 1. The van der Waals surface area contributed by atoms with E-state index in [1.807, 2.05) is 6.92 Å². The van der Waals surface area contributed by atoms with Crippen LogP contribution in [0.4, 0.5) is 0 Å². The van der Waals surface area contributed by atoms with Crippen molar-refractivity contribution in [3.05, 3.63) is 12.2 Å². The summed E-state index contributed by atoms with van der Waals surface area (Å²) >= 11 is 0. The molecule has 1 amide bonds. The molecule has 0 bridgehead atoms. The van der Waals surface area contributed by atoms with E-state index >= 15 is 0 Å². The highest BCUT2D eigenvalue weighted by Gasteiger charge is 2.42. The number of likely N-dealkylation sites (tertiary alicyclic amines) is 1. The van der Waals surface area contributed by atoms with Gasteiger partial charge in [0.15, 0.2) is 0 Å². The Labute approximate surface area is 100 Å². The first kappa shape index (κ1) is 12.0. The third-order valence-electron chi connectivity index (χ3n) is 3.58. The molecule has 1 aliphatic heterocycles. The number of carbonyl (C=O) groups excluding carboxylic acids is 1. The van der Waals surface area contributed by atoms with Gasteiger partial charge in [0.05, 0.1) is 12.1 Å². The Balaban J connectivity index is 2.24. The minimum Gasteiger partial charge on any atom is -0.394 e. The van der Waals surface area contributed by atoms with Gasteiger partial charge in [-0.25, -0.2) is 4.98 Å². The molecule has 0 spiro atoms. The summed E-state index contributed by atoms with van der Waals surface area (Å²) in [6.07, 6.45) is 4.03. The molecule has 1 saturated heterocycles. The van der Waals surface area contributed by atoms with E-state index in [1.54, 1.807) is 11.9 Å². The largest absolute Gasteiger partial charge is 0.394 e. The summed E-state index contributed by atoms with van der Waals surface area (Å²) in [7, 11) is 1.73. The summed E-state index contributed by atoms with van der Waals surface area (Å²) in [6.45, 7) is 2.67. The highest BCUT2D eigenvalue weighted by atomic mass is 16.3. The average molecular weight is 238 g/mol. The quantitative estimate of drug-likeness (QED) is 0.816. The fourth-order valence-corrected chi connectivity index (χ4v) is 2.46. The Morgan fingerprint density at radius 2 is 2.41 bits per heavy atom. The number of nitrogens with zero attached hydrogens (tertiary/aromatic N) is 4. The topological polar surface area (TPSA) is 71.2 Å². The van der Waals surface area contributed by atoms with Crippen LogP contribution < -0.4 is 0 Å². The Morgan fingerprint density at radius 1 is 1.65 bits per heavy atom. The lowest BCUT2D eigenvalue weighted by atomic mass is 9.94. The zero-order chi connectivity index (χ0) is 12.5. The molecule has 1 unspecified atom stereocenters. The van der Waals surface area contributed by atoms with E-state index in [0.717, 1.165) is 19.3 Å². The van der Waals surface area contributed by atoms with Gasteiger partial charge in [-0.3, -0.25) is 9.48 Å². The highest BCUT2D eigenvalue weighted by Crippen LogP contribution is 2.32. The maximum absolute atomic E-state index is 12.3. The van der Waals surface area contributed by atoms with Crippen LogP contribution in [0, 0.1) is 0 Å². The summed E-state index contributed by atoms with van der Waals surface area (Å²) < 4.78 is 1.51. The lowest BCUT2D eigenvalue weighted by molar-refractivity contribution is 0.0386. The van der Waals surface area contributed by atoms with E-state index in [9.17, 15) is 9.90 Å². The first-order valence-corrected chi connectivity index (χ1v) is 5.91. The summed E-state index contributed by atoms with van der Waals surface area (Å²) in [5, 5.41) is 13.6. The Kier molecular flexibility index (Phi) is 3.15. The van der Waals surface area contributed by atoms with Gasteiger partial charge in [-0.1, -0.05) is 6.92 Å². The number of aliphatic hydroxyl groups excluding tert-OH is 1. The van der Waals surface area contributed by atoms with Crippen molar-refractivity contribution < 1.29 is 9.90 Å². The van der Waals surface area contributed by atoms with Crippen molar-refractivity contribution in [1.29, 1.82) is 0 Å². The zero-order valence-corrected chi connectivity index (χ0v) is 10.3. The molecule has 1 fully saturated rings. The third kappa shape index (κ3) is 1.93. The number of aryl methyl sites for hydroxylation is 1. The number of carbonyl (C=O) groups is 1. The molecular weight excluding hydrogens is 220 g/mol. The van der Waals surface area contributed by atoms with Gasteiger partial charge in [-0.05, 0) is 19.3 Å². The fraction of sp³-hybridized carbons (Fsp3) is 0.727. The molecule has 1 aliphatic rings. The minimum absolute atomic E-state index is 0.00206. The van der Waals surface area contributed by atoms with Gasteiger partial charge in [-0.2, -0.15) is 0 Å².